The smallest absolute Gasteiger partial charge is 0.165 e. The van der Waals surface area contributed by atoms with Crippen molar-refractivity contribution in [1.29, 1.82) is 0 Å². The van der Waals surface area contributed by atoms with E-state index in [1.54, 1.807) is 6.92 Å². The van der Waals surface area contributed by atoms with Crippen molar-refractivity contribution in [2.45, 2.75) is 6.92 Å². The van der Waals surface area contributed by atoms with Gasteiger partial charge in [0.15, 0.2) is 11.6 Å². The molecule has 3 heteroatoms. The molecule has 0 unspecified atom stereocenters. The Labute approximate surface area is 63.3 Å². The number of rotatable bonds is 1. The lowest BCUT2D eigenvalue weighted by atomic mass is 10.1. The molecule has 2 nitrogen and oxygen atoms in total. The van der Waals surface area contributed by atoms with E-state index in [9.17, 15) is 9.18 Å². The molecule has 0 aliphatic heterocycles. The molecular formula is C8H7FO2. The Hall–Kier alpha value is -1.38. The summed E-state index contributed by atoms with van der Waals surface area (Å²) in [5.41, 5.74) is 0.833. The molecule has 0 radical (unpaired) electrons. The second-order valence-electron chi connectivity index (χ2n) is 2.28. The van der Waals surface area contributed by atoms with Gasteiger partial charge in [0.05, 0.1) is 0 Å². The number of carbonyl (C=O) groups excluding carboxylic acids is 1. The van der Waals surface area contributed by atoms with Crippen molar-refractivity contribution in [3.05, 3.63) is 29.1 Å². The molecule has 1 aromatic carbocycles. The Morgan fingerprint density at radius 1 is 1.55 bits per heavy atom. The molecule has 0 saturated carbocycles. The van der Waals surface area contributed by atoms with Crippen molar-refractivity contribution in [1.82, 2.24) is 0 Å². The molecule has 0 spiro atoms. The van der Waals surface area contributed by atoms with E-state index in [-0.39, 0.29) is 5.56 Å². The SMILES string of the molecule is Cc1cc(O)c(F)cc1C=O. The normalized spacial score (nSPS) is 9.64. The molecule has 0 aliphatic carbocycles. The predicted molar refractivity (Wildman–Crippen MR) is 38.2 cm³/mol. The summed E-state index contributed by atoms with van der Waals surface area (Å²) in [6.07, 6.45) is 0.553. The number of phenolic OH excluding ortho intramolecular Hbond substituents is 1. The first-order valence-corrected chi connectivity index (χ1v) is 3.09. The van der Waals surface area contributed by atoms with E-state index < -0.39 is 11.6 Å². The summed E-state index contributed by atoms with van der Waals surface area (Å²) < 4.78 is 12.5. The molecule has 58 valence electrons. The summed E-state index contributed by atoms with van der Waals surface area (Å²) in [4.78, 5) is 10.2. The molecule has 0 aromatic heterocycles. The van der Waals surface area contributed by atoms with Crippen LogP contribution in [-0.4, -0.2) is 11.4 Å². The highest BCUT2D eigenvalue weighted by atomic mass is 19.1. The monoisotopic (exact) mass is 154 g/mol. The zero-order valence-electron chi connectivity index (χ0n) is 5.97. The molecule has 0 amide bonds. The number of benzene rings is 1. The van der Waals surface area contributed by atoms with Crippen LogP contribution in [-0.2, 0) is 0 Å². The van der Waals surface area contributed by atoms with E-state index in [4.69, 9.17) is 5.11 Å². The lowest BCUT2D eigenvalue weighted by molar-refractivity contribution is 0.112. The minimum Gasteiger partial charge on any atom is -0.505 e. The van der Waals surface area contributed by atoms with Crippen molar-refractivity contribution in [3.63, 3.8) is 0 Å². The number of aromatic hydroxyl groups is 1. The first kappa shape index (κ1) is 7.72. The van der Waals surface area contributed by atoms with Crippen LogP contribution < -0.4 is 0 Å². The highest BCUT2D eigenvalue weighted by Crippen LogP contribution is 2.18. The topological polar surface area (TPSA) is 37.3 Å². The molecule has 1 aromatic rings. The molecule has 0 atom stereocenters. The van der Waals surface area contributed by atoms with Crippen molar-refractivity contribution >= 4 is 6.29 Å². The second-order valence-corrected chi connectivity index (χ2v) is 2.28. The Kier molecular flexibility index (Phi) is 1.89. The molecule has 0 saturated heterocycles. The summed E-state index contributed by atoms with van der Waals surface area (Å²) >= 11 is 0. The van der Waals surface area contributed by atoms with Gasteiger partial charge in [-0.3, -0.25) is 4.79 Å². The van der Waals surface area contributed by atoms with Crippen LogP contribution in [0.25, 0.3) is 0 Å². The zero-order chi connectivity index (χ0) is 8.43. The summed E-state index contributed by atoms with van der Waals surface area (Å²) in [6, 6.07) is 2.23. The lowest BCUT2D eigenvalue weighted by Gasteiger charge is -1.99. The fourth-order valence-corrected chi connectivity index (χ4v) is 0.809. The van der Waals surface area contributed by atoms with Crippen molar-refractivity contribution in [3.8, 4) is 5.75 Å². The number of hydrogen-bond acceptors (Lipinski definition) is 2. The first-order chi connectivity index (χ1) is 5.15. The van der Waals surface area contributed by atoms with Gasteiger partial charge in [-0.2, -0.15) is 0 Å². The van der Waals surface area contributed by atoms with Gasteiger partial charge in [-0.05, 0) is 24.6 Å². The Bertz CT molecular complexity index is 294. The van der Waals surface area contributed by atoms with Crippen LogP contribution in [0.5, 0.6) is 5.75 Å². The highest BCUT2D eigenvalue weighted by Gasteiger charge is 2.04. The summed E-state index contributed by atoms with van der Waals surface area (Å²) in [7, 11) is 0. The first-order valence-electron chi connectivity index (χ1n) is 3.09. The van der Waals surface area contributed by atoms with Crippen LogP contribution in [0.2, 0.25) is 0 Å². The van der Waals surface area contributed by atoms with Gasteiger partial charge in [0, 0.05) is 5.56 Å². The Morgan fingerprint density at radius 2 is 2.18 bits per heavy atom. The lowest BCUT2D eigenvalue weighted by Crippen LogP contribution is -1.88. The number of aryl methyl sites for hydroxylation is 1. The summed E-state index contributed by atoms with van der Waals surface area (Å²) in [6.45, 7) is 1.63. The third-order valence-corrected chi connectivity index (χ3v) is 1.46. The van der Waals surface area contributed by atoms with Gasteiger partial charge in [0.2, 0.25) is 0 Å². The third kappa shape index (κ3) is 1.37. The second kappa shape index (κ2) is 2.70. The summed E-state index contributed by atoms with van der Waals surface area (Å²) in [5, 5.41) is 8.83. The van der Waals surface area contributed by atoms with Gasteiger partial charge in [-0.15, -0.1) is 0 Å². The zero-order valence-corrected chi connectivity index (χ0v) is 5.97. The van der Waals surface area contributed by atoms with Crippen molar-refractivity contribution < 1.29 is 14.3 Å². The van der Waals surface area contributed by atoms with Crippen LogP contribution in [0.15, 0.2) is 12.1 Å². The van der Waals surface area contributed by atoms with Crippen LogP contribution in [0.1, 0.15) is 15.9 Å². The Morgan fingerprint density at radius 3 is 2.73 bits per heavy atom. The Balaban J connectivity index is 3.31. The van der Waals surface area contributed by atoms with Crippen LogP contribution >= 0.6 is 0 Å². The fraction of sp³-hybridized carbons (Fsp3) is 0.125. The number of carbonyl (C=O) groups is 1. The minimum absolute atomic E-state index is 0.264. The number of phenols is 1. The van der Waals surface area contributed by atoms with Gasteiger partial charge in [0.1, 0.15) is 6.29 Å². The van der Waals surface area contributed by atoms with Crippen LogP contribution in [0.4, 0.5) is 4.39 Å². The molecule has 0 aliphatic rings. The summed E-state index contributed by atoms with van der Waals surface area (Å²) in [5.74, 6) is -1.19. The van der Waals surface area contributed by atoms with Gasteiger partial charge in [-0.1, -0.05) is 0 Å². The molecule has 1 rings (SSSR count). The van der Waals surface area contributed by atoms with E-state index in [2.05, 4.69) is 0 Å². The minimum atomic E-state index is -0.766. The van der Waals surface area contributed by atoms with Gasteiger partial charge >= 0.3 is 0 Å². The molecule has 0 bridgehead atoms. The predicted octanol–water partition coefficient (Wildman–Crippen LogP) is 1.65. The maximum Gasteiger partial charge on any atom is 0.165 e. The average Bonchev–Trinajstić information content (AvgIpc) is 1.97. The average molecular weight is 154 g/mol. The molecular weight excluding hydrogens is 147 g/mol. The van der Waals surface area contributed by atoms with Gasteiger partial charge in [-0.25, -0.2) is 4.39 Å². The highest BCUT2D eigenvalue weighted by molar-refractivity contribution is 5.77. The number of hydrogen-bond donors (Lipinski definition) is 1. The number of halogens is 1. The maximum absolute atomic E-state index is 12.5. The maximum atomic E-state index is 12.5. The quantitative estimate of drug-likeness (QED) is 0.624. The van der Waals surface area contributed by atoms with Gasteiger partial charge in [0.25, 0.3) is 0 Å². The fourth-order valence-electron chi connectivity index (χ4n) is 0.809. The van der Waals surface area contributed by atoms with E-state index >= 15 is 0 Å². The van der Waals surface area contributed by atoms with Crippen LogP contribution in [0.3, 0.4) is 0 Å². The van der Waals surface area contributed by atoms with E-state index in [1.807, 2.05) is 0 Å². The van der Waals surface area contributed by atoms with Crippen molar-refractivity contribution in [2.24, 2.45) is 0 Å². The van der Waals surface area contributed by atoms with Crippen LogP contribution in [0, 0.1) is 12.7 Å². The van der Waals surface area contributed by atoms with E-state index in [0.29, 0.717) is 11.8 Å². The molecule has 0 heterocycles. The molecule has 1 N–H and O–H groups in total. The standard InChI is InChI=1S/C8H7FO2/c1-5-2-8(11)7(9)3-6(5)4-10/h2-4,11H,1H3. The van der Waals surface area contributed by atoms with E-state index in [1.165, 1.54) is 6.07 Å². The van der Waals surface area contributed by atoms with Crippen molar-refractivity contribution in [2.75, 3.05) is 0 Å². The molecule has 0 fully saturated rings. The third-order valence-electron chi connectivity index (χ3n) is 1.46. The molecule has 11 heavy (non-hydrogen) atoms. The number of aldehydes is 1. The largest absolute Gasteiger partial charge is 0.505 e. The van der Waals surface area contributed by atoms with Gasteiger partial charge < -0.3 is 5.11 Å². The van der Waals surface area contributed by atoms with E-state index in [0.717, 1.165) is 6.07 Å².